The summed E-state index contributed by atoms with van der Waals surface area (Å²) in [6, 6.07) is 15.1. The largest absolute Gasteiger partial charge is 0.452 e. The number of likely N-dealkylation sites (N-methyl/N-ethyl adjacent to an activating group) is 1. The smallest absolute Gasteiger partial charge is 0.331 e. The molecule has 0 aliphatic heterocycles. The van der Waals surface area contributed by atoms with Crippen LogP contribution in [-0.2, 0) is 14.3 Å². The number of hydrogen-bond donors (Lipinski definition) is 0. The Balaban J connectivity index is 1.86. The lowest BCUT2D eigenvalue weighted by Crippen LogP contribution is -2.33. The van der Waals surface area contributed by atoms with Crippen molar-refractivity contribution in [3.05, 3.63) is 76.3 Å². The third-order valence-corrected chi connectivity index (χ3v) is 4.61. The van der Waals surface area contributed by atoms with Crippen molar-refractivity contribution in [1.29, 1.82) is 0 Å². The van der Waals surface area contributed by atoms with Crippen molar-refractivity contribution in [2.75, 3.05) is 13.7 Å². The highest BCUT2D eigenvalue weighted by molar-refractivity contribution is 6.31. The van der Waals surface area contributed by atoms with E-state index in [0.717, 1.165) is 16.7 Å². The van der Waals surface area contributed by atoms with E-state index in [1.165, 1.54) is 6.08 Å². The van der Waals surface area contributed by atoms with E-state index in [0.29, 0.717) is 5.02 Å². The van der Waals surface area contributed by atoms with E-state index in [1.54, 1.807) is 24.1 Å². The molecule has 0 heterocycles. The first kappa shape index (κ1) is 19.7. The minimum Gasteiger partial charge on any atom is -0.452 e. The van der Waals surface area contributed by atoms with Gasteiger partial charge in [0.05, 0.1) is 6.04 Å². The van der Waals surface area contributed by atoms with Crippen molar-refractivity contribution in [3.63, 3.8) is 0 Å². The average molecular weight is 372 g/mol. The Kier molecular flexibility index (Phi) is 6.98. The minimum absolute atomic E-state index is 0.104. The van der Waals surface area contributed by atoms with Crippen LogP contribution in [0, 0.1) is 6.92 Å². The number of carbonyl (C=O) groups is 2. The third-order valence-electron chi connectivity index (χ3n) is 4.20. The second-order valence-electron chi connectivity index (χ2n) is 6.04. The lowest BCUT2D eigenvalue weighted by molar-refractivity contribution is -0.148. The first-order valence-corrected chi connectivity index (χ1v) is 8.68. The molecule has 0 aliphatic carbocycles. The van der Waals surface area contributed by atoms with Gasteiger partial charge in [-0.25, -0.2) is 4.79 Å². The number of benzene rings is 2. The Morgan fingerprint density at radius 2 is 1.88 bits per heavy atom. The summed E-state index contributed by atoms with van der Waals surface area (Å²) in [5, 5.41) is 0.632. The van der Waals surface area contributed by atoms with Crippen LogP contribution in [0.25, 0.3) is 6.08 Å². The zero-order valence-electron chi connectivity index (χ0n) is 15.1. The summed E-state index contributed by atoms with van der Waals surface area (Å²) in [7, 11) is 1.69. The van der Waals surface area contributed by atoms with Gasteiger partial charge in [0, 0.05) is 18.1 Å². The van der Waals surface area contributed by atoms with E-state index >= 15 is 0 Å². The van der Waals surface area contributed by atoms with E-state index in [2.05, 4.69) is 0 Å². The highest BCUT2D eigenvalue weighted by Gasteiger charge is 2.18. The van der Waals surface area contributed by atoms with Crippen molar-refractivity contribution < 1.29 is 14.3 Å². The number of esters is 1. The van der Waals surface area contributed by atoms with Crippen LogP contribution < -0.4 is 0 Å². The maximum Gasteiger partial charge on any atom is 0.331 e. The van der Waals surface area contributed by atoms with E-state index in [4.69, 9.17) is 16.3 Å². The summed E-state index contributed by atoms with van der Waals surface area (Å²) < 4.78 is 5.04. The lowest BCUT2D eigenvalue weighted by atomic mass is 10.1. The van der Waals surface area contributed by atoms with Gasteiger partial charge in [0.2, 0.25) is 0 Å². The number of carbonyl (C=O) groups excluding carboxylic acids is 2. The summed E-state index contributed by atoms with van der Waals surface area (Å²) in [6.45, 7) is 3.53. The second kappa shape index (κ2) is 9.20. The molecule has 136 valence electrons. The third kappa shape index (κ3) is 5.46. The number of hydrogen-bond acceptors (Lipinski definition) is 3. The molecular weight excluding hydrogens is 350 g/mol. The monoisotopic (exact) mass is 371 g/mol. The van der Waals surface area contributed by atoms with Gasteiger partial charge in [0.15, 0.2) is 6.61 Å². The summed E-state index contributed by atoms with van der Waals surface area (Å²) in [5.74, 6) is -0.836. The number of rotatable bonds is 6. The molecule has 0 aromatic heterocycles. The van der Waals surface area contributed by atoms with Gasteiger partial charge in [-0.2, -0.15) is 0 Å². The molecule has 0 unspecified atom stereocenters. The van der Waals surface area contributed by atoms with Gasteiger partial charge in [-0.15, -0.1) is 0 Å². The van der Waals surface area contributed by atoms with Gasteiger partial charge >= 0.3 is 5.97 Å². The molecule has 2 rings (SSSR count). The van der Waals surface area contributed by atoms with Gasteiger partial charge < -0.3 is 9.64 Å². The zero-order valence-corrected chi connectivity index (χ0v) is 15.9. The molecular formula is C21H22ClNO3. The molecule has 2 aromatic rings. The Hall–Kier alpha value is -2.59. The van der Waals surface area contributed by atoms with Gasteiger partial charge in [-0.1, -0.05) is 54.1 Å². The fourth-order valence-electron chi connectivity index (χ4n) is 2.33. The standard InChI is InChI=1S/C21H22ClNO3/c1-15-9-10-17(13-19(15)22)11-12-21(25)26-14-20(24)23(3)16(2)18-7-5-4-6-8-18/h4-13,16H,14H2,1-3H3/b12-11+/t16-/m1/s1. The highest BCUT2D eigenvalue weighted by atomic mass is 35.5. The van der Waals surface area contributed by atoms with E-state index in [1.807, 2.05) is 56.3 Å². The van der Waals surface area contributed by atoms with E-state index in [-0.39, 0.29) is 18.6 Å². The fourth-order valence-corrected chi connectivity index (χ4v) is 2.52. The van der Waals surface area contributed by atoms with Crippen LogP contribution in [0.5, 0.6) is 0 Å². The van der Waals surface area contributed by atoms with Crippen LogP contribution in [0.2, 0.25) is 5.02 Å². The second-order valence-corrected chi connectivity index (χ2v) is 6.45. The zero-order chi connectivity index (χ0) is 19.1. The number of ether oxygens (including phenoxy) is 1. The van der Waals surface area contributed by atoms with Gasteiger partial charge in [-0.05, 0) is 42.7 Å². The van der Waals surface area contributed by atoms with Crippen LogP contribution in [0.1, 0.15) is 29.7 Å². The number of halogens is 1. The molecule has 4 nitrogen and oxygen atoms in total. The summed E-state index contributed by atoms with van der Waals surface area (Å²) in [6.07, 6.45) is 2.89. The first-order chi connectivity index (χ1) is 12.4. The molecule has 0 fully saturated rings. The molecule has 0 N–H and O–H groups in total. The topological polar surface area (TPSA) is 46.6 Å². The van der Waals surface area contributed by atoms with Gasteiger partial charge in [-0.3, -0.25) is 4.79 Å². The van der Waals surface area contributed by atoms with Gasteiger partial charge in [0.25, 0.3) is 5.91 Å². The molecule has 0 saturated heterocycles. The average Bonchev–Trinajstić information content (AvgIpc) is 2.66. The minimum atomic E-state index is -0.573. The normalized spacial score (nSPS) is 12.0. The quantitative estimate of drug-likeness (QED) is 0.557. The lowest BCUT2D eigenvalue weighted by Gasteiger charge is -2.25. The summed E-state index contributed by atoms with van der Waals surface area (Å²) >= 11 is 6.05. The van der Waals surface area contributed by atoms with E-state index < -0.39 is 5.97 Å². The fraction of sp³-hybridized carbons (Fsp3) is 0.238. The van der Waals surface area contributed by atoms with Crippen LogP contribution >= 0.6 is 11.6 Å². The van der Waals surface area contributed by atoms with Crippen molar-refractivity contribution in [1.82, 2.24) is 4.90 Å². The maximum absolute atomic E-state index is 12.2. The molecule has 0 radical (unpaired) electrons. The molecule has 1 atom stereocenters. The van der Waals surface area contributed by atoms with Gasteiger partial charge in [0.1, 0.15) is 0 Å². The maximum atomic E-state index is 12.2. The molecule has 1 amide bonds. The van der Waals surface area contributed by atoms with Crippen LogP contribution in [0.3, 0.4) is 0 Å². The molecule has 2 aromatic carbocycles. The Bertz CT molecular complexity index is 802. The summed E-state index contributed by atoms with van der Waals surface area (Å²) in [5.41, 5.74) is 2.78. The Labute approximate surface area is 159 Å². The predicted octanol–water partition coefficient (Wildman–Crippen LogP) is 4.42. The summed E-state index contributed by atoms with van der Waals surface area (Å²) in [4.78, 5) is 25.6. The number of nitrogens with zero attached hydrogens (tertiary/aromatic N) is 1. The van der Waals surface area contributed by atoms with Crippen LogP contribution in [0.4, 0.5) is 0 Å². The molecule has 26 heavy (non-hydrogen) atoms. The van der Waals surface area contributed by atoms with Crippen molar-refractivity contribution in [2.24, 2.45) is 0 Å². The molecule has 0 saturated carbocycles. The van der Waals surface area contributed by atoms with Crippen LogP contribution in [0.15, 0.2) is 54.6 Å². The molecule has 0 aliphatic rings. The Morgan fingerprint density at radius 1 is 1.19 bits per heavy atom. The van der Waals surface area contributed by atoms with Crippen molar-refractivity contribution in [2.45, 2.75) is 19.9 Å². The first-order valence-electron chi connectivity index (χ1n) is 8.30. The Morgan fingerprint density at radius 3 is 2.54 bits per heavy atom. The molecule has 0 bridgehead atoms. The van der Waals surface area contributed by atoms with Crippen molar-refractivity contribution >= 4 is 29.6 Å². The molecule has 5 heteroatoms. The number of amides is 1. The van der Waals surface area contributed by atoms with E-state index in [9.17, 15) is 9.59 Å². The SMILES string of the molecule is Cc1ccc(/C=C/C(=O)OCC(=O)N(C)[C@H](C)c2ccccc2)cc1Cl. The van der Waals surface area contributed by atoms with Crippen LogP contribution in [-0.4, -0.2) is 30.4 Å². The van der Waals surface area contributed by atoms with Crippen molar-refractivity contribution in [3.8, 4) is 0 Å². The highest BCUT2D eigenvalue weighted by Crippen LogP contribution is 2.19. The predicted molar refractivity (Wildman–Crippen MR) is 104 cm³/mol. The molecule has 0 spiro atoms. The number of aryl methyl sites for hydroxylation is 1.